The van der Waals surface area contributed by atoms with Crippen molar-refractivity contribution in [1.29, 1.82) is 0 Å². The molecule has 122 valence electrons. The first-order valence-corrected chi connectivity index (χ1v) is 9.61. The fraction of sp³-hybridized carbons (Fsp3) is 0.312. The number of amides is 1. The van der Waals surface area contributed by atoms with Crippen molar-refractivity contribution >= 4 is 49.1 Å². The van der Waals surface area contributed by atoms with Crippen LogP contribution in [-0.2, 0) is 6.54 Å². The van der Waals surface area contributed by atoms with Gasteiger partial charge in [0.1, 0.15) is 13.2 Å². The molecule has 0 saturated heterocycles. The second kappa shape index (κ2) is 7.23. The molecule has 3 rings (SSSR count). The Hall–Kier alpha value is -1.05. The highest BCUT2D eigenvalue weighted by molar-refractivity contribution is 9.13. The van der Waals surface area contributed by atoms with Crippen molar-refractivity contribution < 1.29 is 14.3 Å². The van der Waals surface area contributed by atoms with Crippen molar-refractivity contribution in [3.8, 4) is 11.5 Å². The Labute approximate surface area is 155 Å². The number of fused-ring (bicyclic) bond motifs is 1. The average Bonchev–Trinajstić information content (AvgIpc) is 2.91. The summed E-state index contributed by atoms with van der Waals surface area (Å²) < 4.78 is 13.0. The molecule has 1 aromatic carbocycles. The molecule has 0 unspecified atom stereocenters. The quantitative estimate of drug-likeness (QED) is 0.663. The van der Waals surface area contributed by atoms with Gasteiger partial charge in [-0.3, -0.25) is 4.79 Å². The number of hydrogen-bond acceptors (Lipinski definition) is 4. The van der Waals surface area contributed by atoms with Crippen molar-refractivity contribution in [3.63, 3.8) is 0 Å². The second-order valence-electron chi connectivity index (χ2n) is 5.03. The van der Waals surface area contributed by atoms with E-state index in [-0.39, 0.29) is 5.91 Å². The van der Waals surface area contributed by atoms with Gasteiger partial charge in [0.05, 0.1) is 8.66 Å². The molecule has 1 amide bonds. The summed E-state index contributed by atoms with van der Waals surface area (Å²) in [6, 6.07) is 7.68. The lowest BCUT2D eigenvalue weighted by atomic mass is 10.1. The molecule has 0 fully saturated rings. The monoisotopic (exact) mass is 459 g/mol. The predicted molar refractivity (Wildman–Crippen MR) is 97.6 cm³/mol. The molecule has 2 heterocycles. The van der Waals surface area contributed by atoms with E-state index in [1.807, 2.05) is 36.1 Å². The van der Waals surface area contributed by atoms with Gasteiger partial charge >= 0.3 is 0 Å². The van der Waals surface area contributed by atoms with Crippen LogP contribution < -0.4 is 9.47 Å². The SMILES string of the molecule is CCN(Cc1ccc2c(c1)OCCO2)C(=O)c1cc(Br)c(Br)s1. The lowest BCUT2D eigenvalue weighted by Crippen LogP contribution is -2.29. The minimum Gasteiger partial charge on any atom is -0.486 e. The van der Waals surface area contributed by atoms with Crippen molar-refractivity contribution in [2.45, 2.75) is 13.5 Å². The molecule has 0 spiro atoms. The van der Waals surface area contributed by atoms with E-state index in [1.165, 1.54) is 11.3 Å². The number of rotatable bonds is 4. The number of benzene rings is 1. The maximum absolute atomic E-state index is 12.7. The third-order valence-corrected chi connectivity index (χ3v) is 6.75. The number of carbonyl (C=O) groups excluding carboxylic acids is 1. The summed E-state index contributed by atoms with van der Waals surface area (Å²) in [5.41, 5.74) is 1.03. The predicted octanol–water partition coefficient (Wildman–Crippen LogP) is 4.71. The van der Waals surface area contributed by atoms with Crippen molar-refractivity contribution in [2.24, 2.45) is 0 Å². The van der Waals surface area contributed by atoms with Gasteiger partial charge in [0.15, 0.2) is 11.5 Å². The van der Waals surface area contributed by atoms with Crippen LogP contribution in [0.1, 0.15) is 22.2 Å². The maximum Gasteiger partial charge on any atom is 0.264 e. The zero-order chi connectivity index (χ0) is 16.4. The van der Waals surface area contributed by atoms with Gasteiger partial charge in [-0.05, 0) is 62.5 Å². The lowest BCUT2D eigenvalue weighted by Gasteiger charge is -2.22. The number of hydrogen-bond donors (Lipinski definition) is 0. The van der Waals surface area contributed by atoms with Crippen LogP contribution in [-0.4, -0.2) is 30.6 Å². The Balaban J connectivity index is 1.77. The van der Waals surface area contributed by atoms with Crippen LogP contribution >= 0.6 is 43.2 Å². The molecule has 0 bridgehead atoms. The Morgan fingerprint density at radius 2 is 1.96 bits per heavy atom. The first-order chi connectivity index (χ1) is 11.1. The Bertz CT molecular complexity index is 713. The molecule has 0 aliphatic carbocycles. The highest BCUT2D eigenvalue weighted by Gasteiger charge is 2.19. The Morgan fingerprint density at radius 3 is 2.61 bits per heavy atom. The molecule has 0 N–H and O–H groups in total. The molecule has 0 atom stereocenters. The van der Waals surface area contributed by atoms with Crippen LogP contribution in [0, 0.1) is 0 Å². The fourth-order valence-electron chi connectivity index (χ4n) is 2.34. The molecule has 0 saturated carbocycles. The van der Waals surface area contributed by atoms with E-state index >= 15 is 0 Å². The molecule has 23 heavy (non-hydrogen) atoms. The summed E-state index contributed by atoms with van der Waals surface area (Å²) in [4.78, 5) is 15.2. The molecular weight excluding hydrogens is 446 g/mol. The standard InChI is InChI=1S/C16H15Br2NO3S/c1-2-19(16(20)14-8-11(17)15(18)23-14)9-10-3-4-12-13(7-10)22-6-5-21-12/h3-4,7-8H,2,5-6,9H2,1H3. The van der Waals surface area contributed by atoms with E-state index < -0.39 is 0 Å². The smallest absolute Gasteiger partial charge is 0.264 e. The summed E-state index contributed by atoms with van der Waals surface area (Å²) in [5, 5.41) is 0. The summed E-state index contributed by atoms with van der Waals surface area (Å²) in [7, 11) is 0. The van der Waals surface area contributed by atoms with E-state index in [1.54, 1.807) is 0 Å². The van der Waals surface area contributed by atoms with E-state index in [4.69, 9.17) is 9.47 Å². The highest BCUT2D eigenvalue weighted by atomic mass is 79.9. The van der Waals surface area contributed by atoms with Gasteiger partial charge in [0, 0.05) is 17.6 Å². The van der Waals surface area contributed by atoms with Crippen LogP contribution in [0.2, 0.25) is 0 Å². The zero-order valence-electron chi connectivity index (χ0n) is 12.5. The van der Waals surface area contributed by atoms with Crippen molar-refractivity contribution in [3.05, 3.63) is 43.0 Å². The molecule has 1 aromatic heterocycles. The van der Waals surface area contributed by atoms with Crippen LogP contribution in [0.4, 0.5) is 0 Å². The van der Waals surface area contributed by atoms with Crippen LogP contribution in [0.5, 0.6) is 11.5 Å². The van der Waals surface area contributed by atoms with Gasteiger partial charge in [-0.15, -0.1) is 11.3 Å². The van der Waals surface area contributed by atoms with E-state index in [0.29, 0.717) is 31.2 Å². The van der Waals surface area contributed by atoms with Crippen molar-refractivity contribution in [1.82, 2.24) is 4.90 Å². The highest BCUT2D eigenvalue weighted by Crippen LogP contribution is 2.34. The molecular formula is C16H15Br2NO3S. The first kappa shape index (κ1) is 16.8. The van der Waals surface area contributed by atoms with Gasteiger partial charge in [-0.1, -0.05) is 6.07 Å². The number of thiophene rings is 1. The van der Waals surface area contributed by atoms with Gasteiger partial charge < -0.3 is 14.4 Å². The summed E-state index contributed by atoms with van der Waals surface area (Å²) >= 11 is 8.29. The third-order valence-electron chi connectivity index (χ3n) is 3.50. The van der Waals surface area contributed by atoms with E-state index in [2.05, 4.69) is 31.9 Å². The zero-order valence-corrected chi connectivity index (χ0v) is 16.5. The van der Waals surface area contributed by atoms with Gasteiger partial charge in [0.25, 0.3) is 5.91 Å². The van der Waals surface area contributed by atoms with E-state index in [9.17, 15) is 4.79 Å². The number of carbonyl (C=O) groups is 1. The third kappa shape index (κ3) is 3.72. The van der Waals surface area contributed by atoms with Crippen molar-refractivity contribution in [2.75, 3.05) is 19.8 Å². The number of ether oxygens (including phenoxy) is 2. The lowest BCUT2D eigenvalue weighted by molar-refractivity contribution is 0.0757. The molecule has 2 aromatic rings. The number of nitrogens with zero attached hydrogens (tertiary/aromatic N) is 1. The first-order valence-electron chi connectivity index (χ1n) is 7.21. The number of halogens is 2. The van der Waals surface area contributed by atoms with Crippen LogP contribution in [0.15, 0.2) is 32.5 Å². The van der Waals surface area contributed by atoms with Crippen LogP contribution in [0.25, 0.3) is 0 Å². The molecule has 1 aliphatic heterocycles. The molecule has 7 heteroatoms. The summed E-state index contributed by atoms with van der Waals surface area (Å²) in [5.74, 6) is 1.54. The Kier molecular flexibility index (Phi) is 5.28. The summed E-state index contributed by atoms with van der Waals surface area (Å²) in [6.45, 7) is 4.30. The topological polar surface area (TPSA) is 38.8 Å². The van der Waals surface area contributed by atoms with Crippen LogP contribution in [0.3, 0.4) is 0 Å². The largest absolute Gasteiger partial charge is 0.486 e. The van der Waals surface area contributed by atoms with Gasteiger partial charge in [-0.25, -0.2) is 0 Å². The molecule has 0 radical (unpaired) electrons. The molecule has 1 aliphatic rings. The second-order valence-corrected chi connectivity index (χ2v) is 8.25. The van der Waals surface area contributed by atoms with Gasteiger partial charge in [-0.2, -0.15) is 0 Å². The minimum absolute atomic E-state index is 0.0267. The van der Waals surface area contributed by atoms with E-state index in [0.717, 1.165) is 25.3 Å². The minimum atomic E-state index is 0.0267. The Morgan fingerprint density at radius 1 is 1.22 bits per heavy atom. The molecule has 4 nitrogen and oxygen atoms in total. The maximum atomic E-state index is 12.7. The normalized spacial score (nSPS) is 13.0. The summed E-state index contributed by atoms with van der Waals surface area (Å²) in [6.07, 6.45) is 0. The average molecular weight is 461 g/mol. The van der Waals surface area contributed by atoms with Gasteiger partial charge in [0.2, 0.25) is 0 Å². The fourth-order valence-corrected chi connectivity index (χ4v) is 4.35.